The lowest BCUT2D eigenvalue weighted by atomic mass is 10.1. The van der Waals surface area contributed by atoms with Crippen LogP contribution in [0.2, 0.25) is 0 Å². The topological polar surface area (TPSA) is 24.5 Å². The summed E-state index contributed by atoms with van der Waals surface area (Å²) in [5, 5.41) is 3.59. The highest BCUT2D eigenvalue weighted by molar-refractivity contribution is 5.38. The maximum absolute atomic E-state index is 5.26. The number of allylic oxidation sites excluding steroid dienone is 6. The van der Waals surface area contributed by atoms with E-state index in [9.17, 15) is 0 Å². The van der Waals surface area contributed by atoms with Gasteiger partial charge in [-0.25, -0.2) is 0 Å². The van der Waals surface area contributed by atoms with E-state index in [0.717, 1.165) is 31.2 Å². The van der Waals surface area contributed by atoms with Crippen LogP contribution in [-0.4, -0.2) is 38.7 Å². The van der Waals surface area contributed by atoms with Crippen molar-refractivity contribution in [1.82, 2.24) is 10.2 Å². The standard InChI is InChI=1S/C20H34N2O/c1-7-9-16(2)20(17(3)14-18(4)23-6)21-12-8-13-22(5)15-19-10-11-19/h7,9,14,19,21H,1,8,10-13,15H2,2-6H3/b16-9+,18-14+,20-17-. The van der Waals surface area contributed by atoms with E-state index in [4.69, 9.17) is 4.74 Å². The van der Waals surface area contributed by atoms with Crippen molar-refractivity contribution in [2.24, 2.45) is 5.92 Å². The van der Waals surface area contributed by atoms with Gasteiger partial charge in [-0.05, 0) is 76.8 Å². The van der Waals surface area contributed by atoms with Gasteiger partial charge in [-0.1, -0.05) is 18.7 Å². The van der Waals surface area contributed by atoms with Crippen LogP contribution in [0.5, 0.6) is 0 Å². The Kier molecular flexibility index (Phi) is 8.78. The molecule has 0 aromatic rings. The normalized spacial score (nSPS) is 17.1. The summed E-state index contributed by atoms with van der Waals surface area (Å²) in [6.45, 7) is 13.4. The van der Waals surface area contributed by atoms with Gasteiger partial charge in [0.25, 0.3) is 0 Å². The number of hydrogen-bond acceptors (Lipinski definition) is 3. The van der Waals surface area contributed by atoms with Crippen molar-refractivity contribution >= 4 is 0 Å². The number of nitrogens with one attached hydrogen (secondary N) is 1. The fourth-order valence-electron chi connectivity index (χ4n) is 2.68. The van der Waals surface area contributed by atoms with E-state index in [1.165, 1.54) is 36.2 Å². The summed E-state index contributed by atoms with van der Waals surface area (Å²) in [4.78, 5) is 2.46. The zero-order valence-corrected chi connectivity index (χ0v) is 15.6. The number of hydrogen-bond donors (Lipinski definition) is 1. The first-order valence-corrected chi connectivity index (χ1v) is 8.63. The fourth-order valence-corrected chi connectivity index (χ4v) is 2.68. The SMILES string of the molecule is C=C/C=C(C)/C(NCCCN(C)CC1CC1)=C(C)/C=C(\C)OC. The van der Waals surface area contributed by atoms with Gasteiger partial charge in [0.1, 0.15) is 0 Å². The van der Waals surface area contributed by atoms with E-state index >= 15 is 0 Å². The smallest absolute Gasteiger partial charge is 0.0927 e. The molecule has 1 rings (SSSR count). The minimum Gasteiger partial charge on any atom is -0.501 e. The molecule has 1 aliphatic rings. The molecule has 23 heavy (non-hydrogen) atoms. The lowest BCUT2D eigenvalue weighted by Crippen LogP contribution is -2.26. The minimum atomic E-state index is 0.914. The van der Waals surface area contributed by atoms with Crippen molar-refractivity contribution in [2.45, 2.75) is 40.0 Å². The highest BCUT2D eigenvalue weighted by Gasteiger charge is 2.22. The molecule has 0 aromatic carbocycles. The van der Waals surface area contributed by atoms with Crippen molar-refractivity contribution in [1.29, 1.82) is 0 Å². The van der Waals surface area contributed by atoms with Gasteiger partial charge < -0.3 is 15.0 Å². The molecular weight excluding hydrogens is 284 g/mol. The van der Waals surface area contributed by atoms with Crippen molar-refractivity contribution in [2.75, 3.05) is 33.8 Å². The average Bonchev–Trinajstić information content (AvgIpc) is 3.30. The van der Waals surface area contributed by atoms with Gasteiger partial charge >= 0.3 is 0 Å². The van der Waals surface area contributed by atoms with E-state index < -0.39 is 0 Å². The lowest BCUT2D eigenvalue weighted by Gasteiger charge is -2.18. The molecule has 0 spiro atoms. The monoisotopic (exact) mass is 318 g/mol. The highest BCUT2D eigenvalue weighted by atomic mass is 16.5. The van der Waals surface area contributed by atoms with Gasteiger partial charge in [0, 0.05) is 18.8 Å². The van der Waals surface area contributed by atoms with Crippen molar-refractivity contribution in [3.05, 3.63) is 47.4 Å². The predicted octanol–water partition coefficient (Wildman–Crippen LogP) is 4.26. The zero-order valence-electron chi connectivity index (χ0n) is 15.6. The third-order valence-corrected chi connectivity index (χ3v) is 4.18. The van der Waals surface area contributed by atoms with Gasteiger partial charge in [0.05, 0.1) is 12.9 Å². The summed E-state index contributed by atoms with van der Waals surface area (Å²) in [6.07, 6.45) is 9.94. The molecule has 1 saturated carbocycles. The van der Waals surface area contributed by atoms with Crippen LogP contribution in [0.1, 0.15) is 40.0 Å². The number of rotatable bonds is 11. The van der Waals surface area contributed by atoms with Crippen molar-refractivity contribution < 1.29 is 4.74 Å². The van der Waals surface area contributed by atoms with Gasteiger partial charge in [-0.15, -0.1) is 0 Å². The molecule has 0 aromatic heterocycles. The Labute approximate surface area is 142 Å². The van der Waals surface area contributed by atoms with E-state index in [1.807, 2.05) is 19.1 Å². The van der Waals surface area contributed by atoms with Crippen LogP contribution in [-0.2, 0) is 4.74 Å². The van der Waals surface area contributed by atoms with E-state index in [2.05, 4.69) is 43.8 Å². The molecule has 0 bridgehead atoms. The second-order valence-corrected chi connectivity index (χ2v) is 6.59. The maximum atomic E-state index is 5.26. The Morgan fingerprint density at radius 1 is 1.30 bits per heavy atom. The number of nitrogens with zero attached hydrogens (tertiary/aromatic N) is 1. The molecule has 130 valence electrons. The van der Waals surface area contributed by atoms with Crippen LogP contribution < -0.4 is 5.32 Å². The first-order chi connectivity index (χ1) is 11.0. The zero-order chi connectivity index (χ0) is 17.2. The molecule has 0 amide bonds. The Hall–Kier alpha value is -1.48. The Balaban J connectivity index is 2.57. The summed E-state index contributed by atoms with van der Waals surface area (Å²) in [6, 6.07) is 0. The van der Waals surface area contributed by atoms with Gasteiger partial charge in [-0.2, -0.15) is 0 Å². The molecule has 3 heteroatoms. The molecule has 0 radical (unpaired) electrons. The predicted molar refractivity (Wildman–Crippen MR) is 100 cm³/mol. The Morgan fingerprint density at radius 2 is 2.00 bits per heavy atom. The van der Waals surface area contributed by atoms with Crippen LogP contribution in [0, 0.1) is 5.92 Å². The average molecular weight is 319 g/mol. The van der Waals surface area contributed by atoms with Gasteiger partial charge in [0.2, 0.25) is 0 Å². The van der Waals surface area contributed by atoms with Crippen LogP contribution in [0.15, 0.2) is 47.4 Å². The molecule has 0 saturated heterocycles. The summed E-state index contributed by atoms with van der Waals surface area (Å²) < 4.78 is 5.26. The third kappa shape index (κ3) is 8.08. The summed E-state index contributed by atoms with van der Waals surface area (Å²) in [5.74, 6) is 1.88. The van der Waals surface area contributed by atoms with Crippen LogP contribution in [0.4, 0.5) is 0 Å². The molecule has 0 atom stereocenters. The van der Waals surface area contributed by atoms with Crippen LogP contribution >= 0.6 is 0 Å². The van der Waals surface area contributed by atoms with Crippen LogP contribution in [0.3, 0.4) is 0 Å². The molecule has 0 heterocycles. The van der Waals surface area contributed by atoms with Gasteiger partial charge in [-0.3, -0.25) is 0 Å². The number of methoxy groups -OCH3 is 1. The molecule has 1 fully saturated rings. The van der Waals surface area contributed by atoms with Gasteiger partial charge in [0.15, 0.2) is 0 Å². The summed E-state index contributed by atoms with van der Waals surface area (Å²) >= 11 is 0. The minimum absolute atomic E-state index is 0.914. The fraction of sp³-hybridized carbons (Fsp3) is 0.600. The quantitative estimate of drug-likeness (QED) is 0.350. The van der Waals surface area contributed by atoms with E-state index in [0.29, 0.717) is 0 Å². The largest absolute Gasteiger partial charge is 0.501 e. The molecule has 1 N–H and O–H groups in total. The number of ether oxygens (including phenoxy) is 1. The molecular formula is C20H34N2O. The molecule has 0 unspecified atom stereocenters. The van der Waals surface area contributed by atoms with E-state index in [-0.39, 0.29) is 0 Å². The third-order valence-electron chi connectivity index (χ3n) is 4.18. The van der Waals surface area contributed by atoms with Crippen LogP contribution in [0.25, 0.3) is 0 Å². The van der Waals surface area contributed by atoms with Crippen molar-refractivity contribution in [3.63, 3.8) is 0 Å². The molecule has 0 aliphatic heterocycles. The summed E-state index contributed by atoms with van der Waals surface area (Å²) in [7, 11) is 3.93. The molecule has 1 aliphatic carbocycles. The second-order valence-electron chi connectivity index (χ2n) is 6.59. The van der Waals surface area contributed by atoms with Crippen molar-refractivity contribution in [3.8, 4) is 0 Å². The Bertz CT molecular complexity index is 470. The first-order valence-electron chi connectivity index (χ1n) is 8.63. The maximum Gasteiger partial charge on any atom is 0.0927 e. The Morgan fingerprint density at radius 3 is 2.57 bits per heavy atom. The first kappa shape index (κ1) is 19.6. The highest BCUT2D eigenvalue weighted by Crippen LogP contribution is 2.29. The summed E-state index contributed by atoms with van der Waals surface area (Å²) in [5.41, 5.74) is 3.56. The second kappa shape index (κ2) is 10.3. The lowest BCUT2D eigenvalue weighted by molar-refractivity contribution is 0.293. The van der Waals surface area contributed by atoms with E-state index in [1.54, 1.807) is 7.11 Å². The molecule has 3 nitrogen and oxygen atoms in total.